The predicted octanol–water partition coefficient (Wildman–Crippen LogP) is 4.69. The van der Waals surface area contributed by atoms with Crippen LogP contribution in [0, 0.1) is 5.82 Å². The molecule has 1 aromatic carbocycles. The summed E-state index contributed by atoms with van der Waals surface area (Å²) >= 11 is 5.93. The minimum Gasteiger partial charge on any atom is -0.480 e. The molecule has 0 spiro atoms. The molecule has 0 amide bonds. The molecule has 3 heterocycles. The largest absolute Gasteiger partial charge is 0.480 e. The molecule has 4 aromatic rings. The lowest BCUT2D eigenvalue weighted by Crippen LogP contribution is -2.28. The number of ether oxygens (including phenoxy) is 1. The van der Waals surface area contributed by atoms with Gasteiger partial charge in [-0.3, -0.25) is 4.72 Å². The van der Waals surface area contributed by atoms with E-state index in [-0.39, 0.29) is 27.0 Å². The van der Waals surface area contributed by atoms with Gasteiger partial charge in [0.15, 0.2) is 16.4 Å². The van der Waals surface area contributed by atoms with Crippen LogP contribution in [0.4, 0.5) is 21.8 Å². The Morgan fingerprint density at radius 1 is 1.11 bits per heavy atom. The Hall–Kier alpha value is -3.77. The molecule has 0 unspecified atom stereocenters. The second kappa shape index (κ2) is 9.94. The van der Waals surface area contributed by atoms with Crippen LogP contribution >= 0.6 is 11.6 Å². The Morgan fingerprint density at radius 2 is 1.92 bits per heavy atom. The van der Waals surface area contributed by atoms with E-state index in [9.17, 15) is 8.42 Å². The quantitative estimate of drug-likeness (QED) is 0.289. The molecule has 0 saturated heterocycles. The predicted molar refractivity (Wildman–Crippen MR) is 140 cm³/mol. The minimum absolute atomic E-state index is 0.0876. The highest BCUT2D eigenvalue weighted by Gasteiger charge is 2.25. The number of rotatable bonds is 8. The zero-order valence-electron chi connectivity index (χ0n) is 19.9. The number of anilines is 3. The number of hydrogen-bond donors (Lipinski definition) is 3. The Bertz CT molecular complexity index is 1600. The molecule has 5 rings (SSSR count). The van der Waals surface area contributed by atoms with Crippen LogP contribution in [-0.2, 0) is 10.0 Å². The maximum atomic E-state index is 15.7. The number of benzene rings is 1. The van der Waals surface area contributed by atoms with Crippen molar-refractivity contribution in [2.45, 2.75) is 30.2 Å². The molecule has 1 saturated carbocycles. The third kappa shape index (κ3) is 4.94. The van der Waals surface area contributed by atoms with E-state index in [0.29, 0.717) is 34.4 Å². The first kappa shape index (κ1) is 24.9. The van der Waals surface area contributed by atoms with Crippen molar-refractivity contribution in [1.29, 1.82) is 0 Å². The lowest BCUT2D eigenvalue weighted by molar-refractivity contribution is 0.385. The molecule has 1 aliphatic carbocycles. The Labute approximate surface area is 217 Å². The summed E-state index contributed by atoms with van der Waals surface area (Å²) in [6.45, 7) is 0. The third-order valence-electron chi connectivity index (χ3n) is 6.04. The second-order valence-corrected chi connectivity index (χ2v) is 10.5. The van der Waals surface area contributed by atoms with Crippen molar-refractivity contribution in [2.24, 2.45) is 0 Å². The summed E-state index contributed by atoms with van der Waals surface area (Å²) in [6, 6.07) is 7.64. The standard InChI is InChI=1S/C24H23ClFN7O3S/c1-27-22-17(9-13-11-29-24(32-21(13)31-22)30-15-5-3-6-15)16-7-4-8-18(20(16)26)33-37(34,35)19-10-14(25)12-28-23(19)36-2/h4,7-12,15,33H,3,5-6H2,1-2H3,(H2,27,29,30,31,32). The monoisotopic (exact) mass is 543 g/mol. The van der Waals surface area contributed by atoms with Gasteiger partial charge < -0.3 is 15.4 Å². The fourth-order valence-corrected chi connectivity index (χ4v) is 5.36. The topological polar surface area (TPSA) is 131 Å². The number of nitrogens with zero attached hydrogens (tertiary/aromatic N) is 4. The molecule has 37 heavy (non-hydrogen) atoms. The van der Waals surface area contributed by atoms with Gasteiger partial charge in [0.25, 0.3) is 10.0 Å². The van der Waals surface area contributed by atoms with Gasteiger partial charge in [0.1, 0.15) is 5.82 Å². The summed E-state index contributed by atoms with van der Waals surface area (Å²) in [5.41, 5.74) is 0.728. The molecule has 10 nitrogen and oxygen atoms in total. The lowest BCUT2D eigenvalue weighted by Gasteiger charge is -2.26. The SMILES string of the molecule is CNc1nc2nc(NC3CCC3)ncc2cc1-c1cccc(NS(=O)(=O)c2cc(Cl)cnc2OC)c1F. The van der Waals surface area contributed by atoms with E-state index >= 15 is 4.39 Å². The number of methoxy groups -OCH3 is 1. The number of aromatic nitrogens is 4. The number of fused-ring (bicyclic) bond motifs is 1. The van der Waals surface area contributed by atoms with E-state index in [2.05, 4.69) is 35.3 Å². The van der Waals surface area contributed by atoms with E-state index in [0.717, 1.165) is 12.8 Å². The van der Waals surface area contributed by atoms with E-state index in [1.54, 1.807) is 19.3 Å². The first-order chi connectivity index (χ1) is 17.8. The molecule has 0 atom stereocenters. The van der Waals surface area contributed by atoms with E-state index < -0.39 is 15.8 Å². The number of nitrogens with one attached hydrogen (secondary N) is 3. The normalized spacial score (nSPS) is 13.7. The van der Waals surface area contributed by atoms with Gasteiger partial charge in [-0.1, -0.05) is 23.7 Å². The number of halogens is 2. The first-order valence-corrected chi connectivity index (χ1v) is 13.3. The summed E-state index contributed by atoms with van der Waals surface area (Å²) in [7, 11) is -1.34. The molecule has 3 aromatic heterocycles. The third-order valence-corrected chi connectivity index (χ3v) is 7.61. The van der Waals surface area contributed by atoms with Gasteiger partial charge in [0.2, 0.25) is 11.8 Å². The van der Waals surface area contributed by atoms with Gasteiger partial charge >= 0.3 is 0 Å². The lowest BCUT2D eigenvalue weighted by atomic mass is 9.93. The van der Waals surface area contributed by atoms with Crippen LogP contribution in [0.15, 0.2) is 47.6 Å². The number of hydrogen-bond acceptors (Lipinski definition) is 9. The average molecular weight is 544 g/mol. The van der Waals surface area contributed by atoms with Crippen molar-refractivity contribution in [3.63, 3.8) is 0 Å². The maximum Gasteiger partial charge on any atom is 0.267 e. The van der Waals surface area contributed by atoms with Gasteiger partial charge in [-0.05, 0) is 37.5 Å². The van der Waals surface area contributed by atoms with E-state index in [1.165, 1.54) is 44.0 Å². The van der Waals surface area contributed by atoms with Crippen LogP contribution in [0.1, 0.15) is 19.3 Å². The van der Waals surface area contributed by atoms with Crippen LogP contribution in [0.25, 0.3) is 22.2 Å². The summed E-state index contributed by atoms with van der Waals surface area (Å²) in [5, 5.41) is 6.95. The molecule has 3 N–H and O–H groups in total. The first-order valence-electron chi connectivity index (χ1n) is 11.4. The Morgan fingerprint density at radius 3 is 2.62 bits per heavy atom. The number of sulfonamides is 1. The Kier molecular flexibility index (Phi) is 6.69. The van der Waals surface area contributed by atoms with Crippen molar-refractivity contribution in [3.8, 4) is 17.0 Å². The van der Waals surface area contributed by atoms with Crippen LogP contribution in [0.3, 0.4) is 0 Å². The van der Waals surface area contributed by atoms with Crippen molar-refractivity contribution in [2.75, 3.05) is 29.5 Å². The van der Waals surface area contributed by atoms with Crippen LogP contribution < -0.4 is 20.1 Å². The molecule has 192 valence electrons. The molecule has 0 aliphatic heterocycles. The van der Waals surface area contributed by atoms with Gasteiger partial charge in [-0.2, -0.15) is 4.98 Å². The fraction of sp³-hybridized carbons (Fsp3) is 0.250. The van der Waals surface area contributed by atoms with Gasteiger partial charge in [-0.15, -0.1) is 0 Å². The van der Waals surface area contributed by atoms with Gasteiger partial charge in [0, 0.05) is 42.0 Å². The highest BCUT2D eigenvalue weighted by Crippen LogP contribution is 2.35. The summed E-state index contributed by atoms with van der Waals surface area (Å²) < 4.78 is 49.2. The van der Waals surface area contributed by atoms with Crippen LogP contribution in [0.2, 0.25) is 5.02 Å². The number of pyridine rings is 2. The zero-order chi connectivity index (χ0) is 26.2. The molecule has 1 fully saturated rings. The molecule has 0 radical (unpaired) electrons. The molecular formula is C24H23ClFN7O3S. The zero-order valence-corrected chi connectivity index (χ0v) is 21.5. The molecule has 1 aliphatic rings. The van der Waals surface area contributed by atoms with Crippen LogP contribution in [0.5, 0.6) is 5.88 Å². The van der Waals surface area contributed by atoms with Crippen molar-refractivity contribution >= 4 is 50.1 Å². The van der Waals surface area contributed by atoms with E-state index in [1.807, 2.05) is 0 Å². The summed E-state index contributed by atoms with van der Waals surface area (Å²) in [5.74, 6) is -0.0915. The second-order valence-electron chi connectivity index (χ2n) is 8.45. The maximum absolute atomic E-state index is 15.7. The van der Waals surface area contributed by atoms with Crippen molar-refractivity contribution < 1.29 is 17.5 Å². The van der Waals surface area contributed by atoms with Crippen molar-refractivity contribution in [3.05, 3.63) is 53.6 Å². The van der Waals surface area contributed by atoms with Gasteiger partial charge in [-0.25, -0.2) is 27.8 Å². The van der Waals surface area contributed by atoms with Gasteiger partial charge in [0.05, 0.1) is 17.8 Å². The Balaban J connectivity index is 1.52. The highest BCUT2D eigenvalue weighted by molar-refractivity contribution is 7.92. The van der Waals surface area contributed by atoms with E-state index in [4.69, 9.17) is 16.3 Å². The smallest absolute Gasteiger partial charge is 0.267 e. The molecule has 13 heteroatoms. The average Bonchev–Trinajstić information content (AvgIpc) is 2.86. The minimum atomic E-state index is -4.28. The fourth-order valence-electron chi connectivity index (χ4n) is 3.94. The molecular weight excluding hydrogens is 521 g/mol. The molecule has 0 bridgehead atoms. The van der Waals surface area contributed by atoms with Crippen LogP contribution in [-0.4, -0.2) is 48.6 Å². The summed E-state index contributed by atoms with van der Waals surface area (Å²) in [4.78, 5) is 17.0. The highest BCUT2D eigenvalue weighted by atomic mass is 35.5. The summed E-state index contributed by atoms with van der Waals surface area (Å²) in [6.07, 6.45) is 6.22. The van der Waals surface area contributed by atoms with Crippen molar-refractivity contribution in [1.82, 2.24) is 19.9 Å².